The fourth-order valence-corrected chi connectivity index (χ4v) is 1.90. The van der Waals surface area contributed by atoms with Crippen molar-refractivity contribution < 1.29 is 19.7 Å². The Kier molecular flexibility index (Phi) is 4.24. The van der Waals surface area contributed by atoms with Gasteiger partial charge in [0.25, 0.3) is 0 Å². The first-order valence-electron chi connectivity index (χ1n) is 5.47. The molecule has 0 heterocycles. The molecule has 100 valence electrons. The molecule has 0 aliphatic heterocycles. The van der Waals surface area contributed by atoms with Gasteiger partial charge in [-0.25, -0.2) is 4.79 Å². The average molecular weight is 273 g/mol. The Morgan fingerprint density at radius 2 is 1.94 bits per heavy atom. The summed E-state index contributed by atoms with van der Waals surface area (Å²) in [5.74, 6) is -1.14. The summed E-state index contributed by atoms with van der Waals surface area (Å²) < 4.78 is 5.06. The van der Waals surface area contributed by atoms with E-state index in [1.54, 1.807) is 12.1 Å². The van der Waals surface area contributed by atoms with E-state index in [0.29, 0.717) is 5.02 Å². The number of aliphatic hydroxyl groups is 1. The van der Waals surface area contributed by atoms with Crippen molar-refractivity contribution in [1.82, 2.24) is 0 Å². The number of hydrogen-bond acceptors (Lipinski definition) is 3. The molecule has 0 saturated carbocycles. The number of halogens is 1. The van der Waals surface area contributed by atoms with E-state index in [1.807, 2.05) is 20.8 Å². The third-order valence-electron chi connectivity index (χ3n) is 2.67. The number of aliphatic carboxylic acids is 1. The van der Waals surface area contributed by atoms with Crippen LogP contribution in [0.15, 0.2) is 12.1 Å². The van der Waals surface area contributed by atoms with Gasteiger partial charge in [-0.1, -0.05) is 32.4 Å². The molecule has 0 aliphatic rings. The molecule has 0 bridgehead atoms. The van der Waals surface area contributed by atoms with Crippen molar-refractivity contribution in [3.63, 3.8) is 0 Å². The Labute approximate surface area is 111 Å². The predicted octanol–water partition coefficient (Wildman–Crippen LogP) is 2.76. The summed E-state index contributed by atoms with van der Waals surface area (Å²) in [6.45, 7) is 5.92. The van der Waals surface area contributed by atoms with Crippen molar-refractivity contribution in [2.45, 2.75) is 32.3 Å². The number of carboxylic acid groups (broad SMARTS) is 1. The van der Waals surface area contributed by atoms with Crippen molar-refractivity contribution >= 4 is 17.6 Å². The zero-order chi connectivity index (χ0) is 14.1. The molecule has 0 radical (unpaired) electrons. The topological polar surface area (TPSA) is 66.8 Å². The van der Waals surface area contributed by atoms with E-state index in [4.69, 9.17) is 21.4 Å². The molecule has 0 fully saturated rings. The average Bonchev–Trinajstić information content (AvgIpc) is 2.25. The first-order valence-corrected chi connectivity index (χ1v) is 5.85. The van der Waals surface area contributed by atoms with Crippen molar-refractivity contribution in [2.75, 3.05) is 7.11 Å². The zero-order valence-corrected chi connectivity index (χ0v) is 11.6. The van der Waals surface area contributed by atoms with Crippen molar-refractivity contribution in [2.24, 2.45) is 0 Å². The molecular formula is C13H17ClO4. The molecule has 0 aliphatic carbocycles. The zero-order valence-electron chi connectivity index (χ0n) is 10.8. The maximum atomic E-state index is 10.9. The van der Waals surface area contributed by atoms with E-state index in [2.05, 4.69) is 0 Å². The van der Waals surface area contributed by atoms with Gasteiger partial charge in [-0.3, -0.25) is 0 Å². The number of aliphatic hydroxyl groups excluding tert-OH is 1. The van der Waals surface area contributed by atoms with E-state index in [9.17, 15) is 9.90 Å². The standard InChI is InChI=1S/C13H17ClO4/c1-13(2,3)7-5-8(10(15)12(16)17)11(18-4)9(14)6-7/h5-6,10,15H,1-4H3,(H,16,17). The Bertz CT molecular complexity index is 463. The second-order valence-electron chi connectivity index (χ2n) is 5.07. The first-order chi connectivity index (χ1) is 8.18. The molecule has 0 amide bonds. The van der Waals surface area contributed by atoms with Crippen LogP contribution in [0.3, 0.4) is 0 Å². The van der Waals surface area contributed by atoms with Crippen molar-refractivity contribution in [3.8, 4) is 5.75 Å². The van der Waals surface area contributed by atoms with Crippen LogP contribution in [-0.2, 0) is 10.2 Å². The largest absolute Gasteiger partial charge is 0.495 e. The molecular weight excluding hydrogens is 256 g/mol. The number of hydrogen-bond donors (Lipinski definition) is 2. The molecule has 2 N–H and O–H groups in total. The number of rotatable bonds is 3. The van der Waals surface area contributed by atoms with E-state index in [1.165, 1.54) is 7.11 Å². The normalized spacial score (nSPS) is 13.2. The number of methoxy groups -OCH3 is 1. The Hall–Kier alpha value is -1.26. The predicted molar refractivity (Wildman–Crippen MR) is 69.3 cm³/mol. The van der Waals surface area contributed by atoms with E-state index < -0.39 is 12.1 Å². The number of benzene rings is 1. The molecule has 4 nitrogen and oxygen atoms in total. The highest BCUT2D eigenvalue weighted by Gasteiger charge is 2.25. The lowest BCUT2D eigenvalue weighted by molar-refractivity contribution is -0.147. The van der Waals surface area contributed by atoms with Crippen molar-refractivity contribution in [3.05, 3.63) is 28.3 Å². The minimum atomic E-state index is -1.65. The highest BCUT2D eigenvalue weighted by Crippen LogP contribution is 2.37. The molecule has 0 aromatic heterocycles. The summed E-state index contributed by atoms with van der Waals surface area (Å²) in [6.07, 6.45) is -1.65. The van der Waals surface area contributed by atoms with Crippen LogP contribution in [0.2, 0.25) is 5.02 Å². The molecule has 18 heavy (non-hydrogen) atoms. The molecule has 0 spiro atoms. The molecule has 1 rings (SSSR count). The third kappa shape index (κ3) is 2.94. The second kappa shape index (κ2) is 5.16. The van der Waals surface area contributed by atoms with Crippen LogP contribution in [-0.4, -0.2) is 23.3 Å². The molecule has 1 aromatic carbocycles. The first kappa shape index (κ1) is 14.8. The molecule has 1 atom stereocenters. The van der Waals surface area contributed by atoms with E-state index >= 15 is 0 Å². The highest BCUT2D eigenvalue weighted by atomic mass is 35.5. The van der Waals surface area contributed by atoms with Gasteiger partial charge in [-0.2, -0.15) is 0 Å². The highest BCUT2D eigenvalue weighted by molar-refractivity contribution is 6.32. The lowest BCUT2D eigenvalue weighted by Gasteiger charge is -2.22. The minimum Gasteiger partial charge on any atom is -0.495 e. The number of ether oxygens (including phenoxy) is 1. The van der Waals surface area contributed by atoms with Crippen LogP contribution in [0, 0.1) is 0 Å². The van der Waals surface area contributed by atoms with Gasteiger partial charge < -0.3 is 14.9 Å². The summed E-state index contributed by atoms with van der Waals surface area (Å²) in [5, 5.41) is 18.9. The summed E-state index contributed by atoms with van der Waals surface area (Å²) >= 11 is 6.06. The van der Waals surface area contributed by atoms with Crippen LogP contribution >= 0.6 is 11.6 Å². The van der Waals surface area contributed by atoms with Gasteiger partial charge in [0.2, 0.25) is 0 Å². The molecule has 1 aromatic rings. The summed E-state index contributed by atoms with van der Waals surface area (Å²) in [4.78, 5) is 10.9. The fourth-order valence-electron chi connectivity index (χ4n) is 1.60. The van der Waals surface area contributed by atoms with Crippen LogP contribution in [0.1, 0.15) is 38.0 Å². The number of carbonyl (C=O) groups is 1. The van der Waals surface area contributed by atoms with Gasteiger partial charge in [-0.15, -0.1) is 0 Å². The SMILES string of the molecule is COc1c(Cl)cc(C(C)(C)C)cc1C(O)C(=O)O. The molecule has 0 saturated heterocycles. The summed E-state index contributed by atoms with van der Waals surface area (Å²) in [6, 6.07) is 3.34. The van der Waals surface area contributed by atoms with Crippen LogP contribution in [0.4, 0.5) is 0 Å². The van der Waals surface area contributed by atoms with Gasteiger partial charge in [0.15, 0.2) is 6.10 Å². The van der Waals surface area contributed by atoms with Crippen LogP contribution < -0.4 is 4.74 Å². The smallest absolute Gasteiger partial charge is 0.337 e. The second-order valence-corrected chi connectivity index (χ2v) is 5.48. The Balaban J connectivity index is 3.46. The monoisotopic (exact) mass is 272 g/mol. The van der Waals surface area contributed by atoms with Crippen LogP contribution in [0.25, 0.3) is 0 Å². The van der Waals surface area contributed by atoms with Crippen LogP contribution in [0.5, 0.6) is 5.75 Å². The molecule has 5 heteroatoms. The van der Waals surface area contributed by atoms with E-state index in [0.717, 1.165) is 5.56 Å². The third-order valence-corrected chi connectivity index (χ3v) is 2.95. The summed E-state index contributed by atoms with van der Waals surface area (Å²) in [5.41, 5.74) is 0.800. The Morgan fingerprint density at radius 3 is 2.33 bits per heavy atom. The maximum absolute atomic E-state index is 10.9. The molecule has 1 unspecified atom stereocenters. The lowest BCUT2D eigenvalue weighted by atomic mass is 9.85. The van der Waals surface area contributed by atoms with Gasteiger partial charge in [0.05, 0.1) is 12.1 Å². The van der Waals surface area contributed by atoms with Gasteiger partial charge in [0, 0.05) is 5.56 Å². The summed E-state index contributed by atoms with van der Waals surface area (Å²) in [7, 11) is 1.38. The maximum Gasteiger partial charge on any atom is 0.337 e. The van der Waals surface area contributed by atoms with E-state index in [-0.39, 0.29) is 16.7 Å². The van der Waals surface area contributed by atoms with Gasteiger partial charge >= 0.3 is 5.97 Å². The van der Waals surface area contributed by atoms with Gasteiger partial charge in [-0.05, 0) is 23.1 Å². The fraction of sp³-hybridized carbons (Fsp3) is 0.462. The Morgan fingerprint density at radius 1 is 1.39 bits per heavy atom. The minimum absolute atomic E-state index is 0.169. The van der Waals surface area contributed by atoms with Crippen molar-refractivity contribution in [1.29, 1.82) is 0 Å². The lowest BCUT2D eigenvalue weighted by Crippen LogP contribution is -2.16. The quantitative estimate of drug-likeness (QED) is 0.888. The van der Waals surface area contributed by atoms with Gasteiger partial charge in [0.1, 0.15) is 5.75 Å². The number of carboxylic acids is 1.